The molecular formula is C17H25NO. The molecule has 19 heavy (non-hydrogen) atoms. The molecule has 0 fully saturated rings. The first-order valence-electron chi connectivity index (χ1n) is 6.82. The van der Waals surface area contributed by atoms with E-state index in [-0.39, 0.29) is 17.4 Å². The van der Waals surface area contributed by atoms with E-state index in [1.807, 2.05) is 30.3 Å². The van der Waals surface area contributed by atoms with Crippen LogP contribution in [0, 0.1) is 23.2 Å². The molecule has 1 unspecified atom stereocenters. The molecule has 2 nitrogen and oxygen atoms in total. The molecule has 104 valence electrons. The Bertz CT molecular complexity index is 434. The molecule has 0 saturated heterocycles. The second-order valence-corrected chi connectivity index (χ2v) is 6.29. The number of hydroxylamine groups is 2. The van der Waals surface area contributed by atoms with E-state index in [1.165, 1.54) is 5.06 Å². The molecule has 1 atom stereocenters. The molecule has 0 spiro atoms. The zero-order chi connectivity index (χ0) is 14.5. The second kappa shape index (κ2) is 6.75. The van der Waals surface area contributed by atoms with Gasteiger partial charge in [0.2, 0.25) is 0 Å². The summed E-state index contributed by atoms with van der Waals surface area (Å²) < 4.78 is 0. The van der Waals surface area contributed by atoms with E-state index >= 15 is 0 Å². The summed E-state index contributed by atoms with van der Waals surface area (Å²) in [5, 5.41) is 11.6. The maximum absolute atomic E-state index is 10.3. The van der Waals surface area contributed by atoms with Crippen LogP contribution in [0.2, 0.25) is 0 Å². The molecular weight excluding hydrogens is 234 g/mol. The van der Waals surface area contributed by atoms with Crippen LogP contribution in [0.15, 0.2) is 30.3 Å². The van der Waals surface area contributed by atoms with Crippen molar-refractivity contribution in [3.63, 3.8) is 0 Å². The quantitative estimate of drug-likeness (QED) is 0.653. The molecule has 0 radical (unpaired) electrons. The Morgan fingerprint density at radius 2 is 1.74 bits per heavy atom. The molecule has 0 aromatic heterocycles. The van der Waals surface area contributed by atoms with E-state index in [9.17, 15) is 5.21 Å². The molecule has 0 amide bonds. The van der Waals surface area contributed by atoms with Crippen LogP contribution in [0.1, 0.15) is 40.2 Å². The molecule has 0 bridgehead atoms. The number of hydrogen-bond donors (Lipinski definition) is 1. The van der Waals surface area contributed by atoms with Crippen molar-refractivity contribution in [2.24, 2.45) is 11.3 Å². The SMILES string of the molecule is CC(C)C(C#CC(C)(C)C)N(O)Cc1ccccc1. The number of rotatable bonds is 4. The number of hydrogen-bond acceptors (Lipinski definition) is 2. The first kappa shape index (κ1) is 15.8. The highest BCUT2D eigenvalue weighted by Crippen LogP contribution is 2.15. The summed E-state index contributed by atoms with van der Waals surface area (Å²) >= 11 is 0. The predicted octanol–water partition coefficient (Wildman–Crippen LogP) is 3.95. The van der Waals surface area contributed by atoms with Gasteiger partial charge in [0.15, 0.2) is 0 Å². The van der Waals surface area contributed by atoms with Gasteiger partial charge in [-0.25, -0.2) is 0 Å². The Morgan fingerprint density at radius 1 is 1.16 bits per heavy atom. The van der Waals surface area contributed by atoms with E-state index in [1.54, 1.807) is 0 Å². The van der Waals surface area contributed by atoms with Gasteiger partial charge < -0.3 is 5.21 Å². The van der Waals surface area contributed by atoms with Gasteiger partial charge in [0.25, 0.3) is 0 Å². The maximum Gasteiger partial charge on any atom is 0.0983 e. The summed E-state index contributed by atoms with van der Waals surface area (Å²) in [6, 6.07) is 9.82. The lowest BCUT2D eigenvalue weighted by Crippen LogP contribution is -2.35. The van der Waals surface area contributed by atoms with E-state index in [2.05, 4.69) is 46.5 Å². The Kier molecular flexibility index (Phi) is 5.60. The van der Waals surface area contributed by atoms with E-state index in [4.69, 9.17) is 0 Å². The van der Waals surface area contributed by atoms with E-state index < -0.39 is 0 Å². The molecule has 1 N–H and O–H groups in total. The molecule has 1 rings (SSSR count). The second-order valence-electron chi connectivity index (χ2n) is 6.29. The summed E-state index contributed by atoms with van der Waals surface area (Å²) in [5.74, 6) is 6.70. The first-order valence-corrected chi connectivity index (χ1v) is 6.82. The average molecular weight is 259 g/mol. The van der Waals surface area contributed by atoms with Crippen molar-refractivity contribution in [2.45, 2.75) is 47.2 Å². The minimum absolute atomic E-state index is 0.0409. The molecule has 0 aliphatic rings. The first-order chi connectivity index (χ1) is 8.79. The van der Waals surface area contributed by atoms with Crippen molar-refractivity contribution < 1.29 is 5.21 Å². The monoisotopic (exact) mass is 259 g/mol. The minimum Gasteiger partial charge on any atom is -0.312 e. The van der Waals surface area contributed by atoms with Gasteiger partial charge in [0.1, 0.15) is 0 Å². The molecule has 0 aliphatic carbocycles. The Balaban J connectivity index is 2.79. The van der Waals surface area contributed by atoms with Crippen LogP contribution in [0.3, 0.4) is 0 Å². The van der Waals surface area contributed by atoms with Crippen LogP contribution in [0.5, 0.6) is 0 Å². The summed E-state index contributed by atoms with van der Waals surface area (Å²) in [7, 11) is 0. The van der Waals surface area contributed by atoms with Crippen molar-refractivity contribution in [1.29, 1.82) is 0 Å². The van der Waals surface area contributed by atoms with Crippen molar-refractivity contribution in [3.8, 4) is 11.8 Å². The fraction of sp³-hybridized carbons (Fsp3) is 0.529. The van der Waals surface area contributed by atoms with Crippen LogP contribution in [0.4, 0.5) is 0 Å². The normalized spacial score (nSPS) is 13.3. The van der Waals surface area contributed by atoms with Crippen molar-refractivity contribution >= 4 is 0 Å². The van der Waals surface area contributed by atoms with Crippen LogP contribution < -0.4 is 0 Å². The topological polar surface area (TPSA) is 23.5 Å². The van der Waals surface area contributed by atoms with Gasteiger partial charge in [0, 0.05) is 5.41 Å². The van der Waals surface area contributed by atoms with E-state index in [0.717, 1.165) is 5.56 Å². The maximum atomic E-state index is 10.3. The Labute approximate surface area is 117 Å². The van der Waals surface area contributed by atoms with Crippen molar-refractivity contribution in [2.75, 3.05) is 0 Å². The summed E-state index contributed by atoms with van der Waals surface area (Å²) in [5.41, 5.74) is 1.05. The van der Waals surface area contributed by atoms with Gasteiger partial charge in [0.05, 0.1) is 12.6 Å². The number of benzene rings is 1. The summed E-state index contributed by atoms with van der Waals surface area (Å²) in [4.78, 5) is 0. The lowest BCUT2D eigenvalue weighted by atomic mass is 9.95. The molecule has 1 aromatic rings. The van der Waals surface area contributed by atoms with Gasteiger partial charge in [-0.3, -0.25) is 0 Å². The standard InChI is InChI=1S/C17H25NO/c1-14(2)16(11-12-17(3,4)5)18(19)13-15-9-7-6-8-10-15/h6-10,14,16,19H,13H2,1-5H3. The van der Waals surface area contributed by atoms with Gasteiger partial charge in [-0.15, -0.1) is 0 Å². The van der Waals surface area contributed by atoms with Gasteiger partial charge in [-0.05, 0) is 32.3 Å². The third-order valence-corrected chi connectivity index (χ3v) is 2.74. The van der Waals surface area contributed by atoms with Crippen molar-refractivity contribution in [3.05, 3.63) is 35.9 Å². The van der Waals surface area contributed by atoms with Crippen LogP contribution in [-0.2, 0) is 6.54 Å². The largest absolute Gasteiger partial charge is 0.312 e. The van der Waals surface area contributed by atoms with Gasteiger partial charge >= 0.3 is 0 Å². The highest BCUT2D eigenvalue weighted by molar-refractivity contribution is 5.17. The third kappa shape index (κ3) is 5.92. The average Bonchev–Trinajstić information content (AvgIpc) is 2.28. The minimum atomic E-state index is -0.139. The fourth-order valence-electron chi connectivity index (χ4n) is 1.74. The lowest BCUT2D eigenvalue weighted by Gasteiger charge is -2.25. The van der Waals surface area contributed by atoms with Crippen molar-refractivity contribution in [1.82, 2.24) is 5.06 Å². The Hall–Kier alpha value is -1.30. The molecule has 0 saturated carbocycles. The Morgan fingerprint density at radius 3 is 2.21 bits per heavy atom. The van der Waals surface area contributed by atoms with Crippen LogP contribution in [-0.4, -0.2) is 16.3 Å². The highest BCUT2D eigenvalue weighted by atomic mass is 16.5. The zero-order valence-electron chi connectivity index (χ0n) is 12.6. The smallest absolute Gasteiger partial charge is 0.0983 e. The molecule has 0 heterocycles. The zero-order valence-corrected chi connectivity index (χ0v) is 12.6. The molecule has 0 aliphatic heterocycles. The van der Waals surface area contributed by atoms with Gasteiger partial charge in [-0.1, -0.05) is 56.0 Å². The fourth-order valence-corrected chi connectivity index (χ4v) is 1.74. The highest BCUT2D eigenvalue weighted by Gasteiger charge is 2.19. The summed E-state index contributed by atoms with van der Waals surface area (Å²) in [6.45, 7) is 10.9. The van der Waals surface area contributed by atoms with Gasteiger partial charge in [-0.2, -0.15) is 5.06 Å². The third-order valence-electron chi connectivity index (χ3n) is 2.74. The van der Waals surface area contributed by atoms with E-state index in [0.29, 0.717) is 6.54 Å². The molecule has 2 heteroatoms. The lowest BCUT2D eigenvalue weighted by molar-refractivity contribution is -0.129. The predicted molar refractivity (Wildman–Crippen MR) is 79.6 cm³/mol. The summed E-state index contributed by atoms with van der Waals surface area (Å²) in [6.07, 6.45) is 0. The number of nitrogens with zero attached hydrogens (tertiary/aromatic N) is 1. The van der Waals surface area contributed by atoms with Crippen LogP contribution >= 0.6 is 0 Å². The van der Waals surface area contributed by atoms with Crippen LogP contribution in [0.25, 0.3) is 0 Å². The molecule has 1 aromatic carbocycles.